The van der Waals surface area contributed by atoms with Gasteiger partial charge in [0.1, 0.15) is 0 Å². The Labute approximate surface area is 118 Å². The van der Waals surface area contributed by atoms with Crippen LogP contribution in [-0.4, -0.2) is 22.6 Å². The molecule has 1 aromatic carbocycles. The lowest BCUT2D eigenvalue weighted by molar-refractivity contribution is -0.139. The van der Waals surface area contributed by atoms with Gasteiger partial charge in [-0.05, 0) is 25.3 Å². The van der Waals surface area contributed by atoms with Gasteiger partial charge in [-0.1, -0.05) is 43.2 Å². The van der Waals surface area contributed by atoms with E-state index in [1.807, 2.05) is 13.0 Å². The third kappa shape index (κ3) is 3.50. The summed E-state index contributed by atoms with van der Waals surface area (Å²) in [5, 5.41) is 14.7. The molecule has 1 saturated carbocycles. The smallest absolute Gasteiger partial charge is 0.330 e. The zero-order valence-electron chi connectivity index (χ0n) is 11.6. The molecule has 1 aliphatic rings. The lowest BCUT2D eigenvalue weighted by Crippen LogP contribution is -2.50. The monoisotopic (exact) mass is 276 g/mol. The van der Waals surface area contributed by atoms with E-state index in [9.17, 15) is 14.7 Å². The number of urea groups is 1. The molecule has 0 radical (unpaired) electrons. The van der Waals surface area contributed by atoms with Crippen molar-refractivity contribution in [3.63, 3.8) is 0 Å². The SMILES string of the molecule is CC1(NC(=O)N[C@H](C(=O)O)c2ccccc2)CCCC1. The number of hydrogen-bond acceptors (Lipinski definition) is 2. The second kappa shape index (κ2) is 5.94. The Bertz CT molecular complexity index is 481. The van der Waals surface area contributed by atoms with E-state index in [0.717, 1.165) is 25.7 Å². The lowest BCUT2D eigenvalue weighted by Gasteiger charge is -2.26. The fourth-order valence-corrected chi connectivity index (χ4v) is 2.65. The van der Waals surface area contributed by atoms with Crippen LogP contribution in [0.25, 0.3) is 0 Å². The highest BCUT2D eigenvalue weighted by Gasteiger charge is 2.31. The molecule has 1 atom stereocenters. The average Bonchev–Trinajstić information content (AvgIpc) is 2.83. The molecule has 0 saturated heterocycles. The van der Waals surface area contributed by atoms with E-state index in [1.54, 1.807) is 24.3 Å². The second-order valence-corrected chi connectivity index (χ2v) is 5.55. The van der Waals surface area contributed by atoms with Crippen LogP contribution in [0.15, 0.2) is 30.3 Å². The minimum absolute atomic E-state index is 0.218. The van der Waals surface area contributed by atoms with Crippen molar-refractivity contribution in [2.24, 2.45) is 0 Å². The van der Waals surface area contributed by atoms with Gasteiger partial charge >= 0.3 is 12.0 Å². The molecule has 20 heavy (non-hydrogen) atoms. The van der Waals surface area contributed by atoms with Gasteiger partial charge in [0.15, 0.2) is 6.04 Å². The molecule has 5 heteroatoms. The molecule has 2 rings (SSSR count). The van der Waals surface area contributed by atoms with Crippen molar-refractivity contribution in [1.82, 2.24) is 10.6 Å². The van der Waals surface area contributed by atoms with Crippen LogP contribution in [0.5, 0.6) is 0 Å². The topological polar surface area (TPSA) is 78.4 Å². The quantitative estimate of drug-likeness (QED) is 0.790. The molecule has 0 aliphatic heterocycles. The Hall–Kier alpha value is -2.04. The van der Waals surface area contributed by atoms with E-state index < -0.39 is 18.0 Å². The summed E-state index contributed by atoms with van der Waals surface area (Å²) in [6.07, 6.45) is 4.06. The molecule has 0 unspecified atom stereocenters. The Morgan fingerprint density at radius 2 is 1.80 bits per heavy atom. The molecule has 1 aliphatic carbocycles. The Morgan fingerprint density at radius 1 is 1.20 bits per heavy atom. The minimum Gasteiger partial charge on any atom is -0.479 e. The van der Waals surface area contributed by atoms with Gasteiger partial charge in [-0.3, -0.25) is 0 Å². The van der Waals surface area contributed by atoms with E-state index in [2.05, 4.69) is 10.6 Å². The van der Waals surface area contributed by atoms with Gasteiger partial charge in [0.2, 0.25) is 0 Å². The number of aliphatic carboxylic acids is 1. The summed E-state index contributed by atoms with van der Waals surface area (Å²) in [5.41, 5.74) is 0.343. The number of rotatable bonds is 4. The number of amides is 2. The van der Waals surface area contributed by atoms with Crippen LogP contribution in [0.3, 0.4) is 0 Å². The zero-order chi connectivity index (χ0) is 14.6. The van der Waals surface area contributed by atoms with Crippen molar-refractivity contribution >= 4 is 12.0 Å². The van der Waals surface area contributed by atoms with E-state index in [4.69, 9.17) is 0 Å². The van der Waals surface area contributed by atoms with Gasteiger partial charge < -0.3 is 15.7 Å². The van der Waals surface area contributed by atoms with E-state index >= 15 is 0 Å². The van der Waals surface area contributed by atoms with Crippen LogP contribution >= 0.6 is 0 Å². The van der Waals surface area contributed by atoms with E-state index in [-0.39, 0.29) is 5.54 Å². The fourth-order valence-electron chi connectivity index (χ4n) is 2.65. The maximum absolute atomic E-state index is 12.0. The predicted molar refractivity (Wildman–Crippen MR) is 75.4 cm³/mol. The molecule has 0 spiro atoms. The summed E-state index contributed by atoms with van der Waals surface area (Å²) < 4.78 is 0. The van der Waals surface area contributed by atoms with E-state index in [0.29, 0.717) is 5.56 Å². The predicted octanol–water partition coefficient (Wildman–Crippen LogP) is 2.44. The lowest BCUT2D eigenvalue weighted by atomic mass is 10.0. The van der Waals surface area contributed by atoms with Gasteiger partial charge in [-0.25, -0.2) is 9.59 Å². The maximum atomic E-state index is 12.0. The maximum Gasteiger partial charge on any atom is 0.330 e. The third-order valence-corrected chi connectivity index (χ3v) is 3.78. The highest BCUT2D eigenvalue weighted by molar-refractivity contribution is 5.84. The summed E-state index contributed by atoms with van der Waals surface area (Å²) in [6.45, 7) is 2.00. The Kier molecular flexibility index (Phi) is 4.27. The van der Waals surface area contributed by atoms with Crippen LogP contribution in [0.2, 0.25) is 0 Å². The summed E-state index contributed by atoms with van der Waals surface area (Å²) >= 11 is 0. The van der Waals surface area contributed by atoms with Crippen LogP contribution in [0, 0.1) is 0 Å². The number of benzene rings is 1. The van der Waals surface area contributed by atoms with Crippen LogP contribution in [0.1, 0.15) is 44.2 Å². The van der Waals surface area contributed by atoms with Gasteiger partial charge in [0.05, 0.1) is 0 Å². The largest absolute Gasteiger partial charge is 0.479 e. The molecule has 0 bridgehead atoms. The first-order valence-electron chi connectivity index (χ1n) is 6.87. The van der Waals surface area contributed by atoms with Crippen molar-refractivity contribution in [1.29, 1.82) is 0 Å². The molecule has 2 amide bonds. The van der Waals surface area contributed by atoms with Gasteiger partial charge in [0, 0.05) is 5.54 Å². The number of carboxylic acids is 1. The van der Waals surface area contributed by atoms with Crippen LogP contribution < -0.4 is 10.6 Å². The summed E-state index contributed by atoms with van der Waals surface area (Å²) in [5.74, 6) is -1.07. The number of hydrogen-bond donors (Lipinski definition) is 3. The van der Waals surface area contributed by atoms with Crippen molar-refractivity contribution < 1.29 is 14.7 Å². The summed E-state index contributed by atoms with van der Waals surface area (Å²) in [4.78, 5) is 23.3. The summed E-state index contributed by atoms with van der Waals surface area (Å²) in [6, 6.07) is 7.24. The number of carboxylic acid groups (broad SMARTS) is 1. The van der Waals surface area contributed by atoms with Crippen molar-refractivity contribution in [2.45, 2.75) is 44.2 Å². The number of nitrogens with one attached hydrogen (secondary N) is 2. The van der Waals surface area contributed by atoms with E-state index in [1.165, 1.54) is 0 Å². The molecular weight excluding hydrogens is 256 g/mol. The molecule has 108 valence electrons. The van der Waals surface area contributed by atoms with Gasteiger partial charge in [0.25, 0.3) is 0 Å². The molecule has 0 heterocycles. The van der Waals surface area contributed by atoms with Crippen molar-refractivity contribution in [2.75, 3.05) is 0 Å². The molecule has 5 nitrogen and oxygen atoms in total. The molecular formula is C15H20N2O3. The molecule has 1 fully saturated rings. The molecule has 3 N–H and O–H groups in total. The highest BCUT2D eigenvalue weighted by atomic mass is 16.4. The van der Waals surface area contributed by atoms with Crippen LogP contribution in [0.4, 0.5) is 4.79 Å². The van der Waals surface area contributed by atoms with Crippen molar-refractivity contribution in [3.8, 4) is 0 Å². The fraction of sp³-hybridized carbons (Fsp3) is 0.467. The van der Waals surface area contributed by atoms with Gasteiger partial charge in [-0.2, -0.15) is 0 Å². The minimum atomic E-state index is -1.07. The number of carbonyl (C=O) groups excluding carboxylic acids is 1. The molecule has 1 aromatic rings. The Morgan fingerprint density at radius 3 is 2.35 bits per heavy atom. The first-order valence-corrected chi connectivity index (χ1v) is 6.87. The Balaban J connectivity index is 2.02. The first-order chi connectivity index (χ1) is 9.50. The first kappa shape index (κ1) is 14.4. The average molecular weight is 276 g/mol. The normalized spacial score (nSPS) is 18.2. The zero-order valence-corrected chi connectivity index (χ0v) is 11.6. The van der Waals surface area contributed by atoms with Gasteiger partial charge in [-0.15, -0.1) is 0 Å². The second-order valence-electron chi connectivity index (χ2n) is 5.55. The third-order valence-electron chi connectivity index (χ3n) is 3.78. The standard InChI is InChI=1S/C15H20N2O3/c1-15(9-5-6-10-15)17-14(20)16-12(13(18)19)11-7-3-2-4-8-11/h2-4,7-8,12H,5-6,9-10H2,1H3,(H,18,19)(H2,16,17,20)/t12-/m0/s1. The molecule has 0 aromatic heterocycles. The number of carbonyl (C=O) groups is 2. The van der Waals surface area contributed by atoms with Crippen LogP contribution in [-0.2, 0) is 4.79 Å². The highest BCUT2D eigenvalue weighted by Crippen LogP contribution is 2.28. The summed E-state index contributed by atoms with van der Waals surface area (Å²) in [7, 11) is 0. The van der Waals surface area contributed by atoms with Crippen molar-refractivity contribution in [3.05, 3.63) is 35.9 Å².